The number of hydrogen-bond acceptors (Lipinski definition) is 5. The lowest BCUT2D eigenvalue weighted by atomic mass is 9.57. The van der Waals surface area contributed by atoms with Crippen LogP contribution in [-0.2, 0) is 16.8 Å². The van der Waals surface area contributed by atoms with Gasteiger partial charge in [0.15, 0.2) is 0 Å². The normalized spacial score (nSPS) is 25.7. The van der Waals surface area contributed by atoms with Gasteiger partial charge in [0.05, 0.1) is 27.8 Å². The topological polar surface area (TPSA) is 85.5 Å². The zero-order valence-electron chi connectivity index (χ0n) is 19.2. The van der Waals surface area contributed by atoms with E-state index < -0.39 is 5.97 Å². The molecule has 2 aromatic heterocycles. The number of halogens is 2. The summed E-state index contributed by atoms with van der Waals surface area (Å²) in [4.78, 5) is 15.7. The molecule has 8 heteroatoms. The lowest BCUT2D eigenvalue weighted by Gasteiger charge is -2.52. The molecule has 0 unspecified atom stereocenters. The molecule has 6 nitrogen and oxygen atoms in total. The number of pyridine rings is 1. The van der Waals surface area contributed by atoms with Gasteiger partial charge < -0.3 is 14.4 Å². The minimum Gasteiger partial charge on any atom is -0.478 e. The number of carboxylic acid groups (broad SMARTS) is 1. The first-order valence-corrected chi connectivity index (χ1v) is 12.9. The standard InChI is InChI=1S/C27H26Cl2N2O4/c28-19-2-1-3-20(29)22(19)23-18(24(35-31-23)16-4-5-16)15-34-27-11-8-26(9-12-27,10-13-27)21-7-6-17(14-30-21)25(32)33/h1-3,6-7,14,16H,4-5,8-13,15H2,(H,32,33). The van der Waals surface area contributed by atoms with Crippen molar-refractivity contribution in [1.82, 2.24) is 10.1 Å². The Balaban J connectivity index is 1.22. The van der Waals surface area contributed by atoms with Gasteiger partial charge in [-0.1, -0.05) is 34.4 Å². The predicted molar refractivity (Wildman–Crippen MR) is 132 cm³/mol. The Hall–Kier alpha value is -2.41. The maximum Gasteiger partial charge on any atom is 0.337 e. The van der Waals surface area contributed by atoms with Gasteiger partial charge in [0.1, 0.15) is 11.5 Å². The molecule has 7 rings (SSSR count). The van der Waals surface area contributed by atoms with E-state index in [0.29, 0.717) is 33.8 Å². The number of aromatic nitrogens is 2. The van der Waals surface area contributed by atoms with Crippen molar-refractivity contribution in [2.24, 2.45) is 0 Å². The molecular formula is C27H26Cl2N2O4. The van der Waals surface area contributed by atoms with E-state index >= 15 is 0 Å². The number of rotatable bonds is 7. The fraction of sp³-hybridized carbons (Fsp3) is 0.444. The van der Waals surface area contributed by atoms with Crippen LogP contribution in [0.15, 0.2) is 41.1 Å². The fourth-order valence-electron chi connectivity index (χ4n) is 5.86. The van der Waals surface area contributed by atoms with Crippen molar-refractivity contribution >= 4 is 29.2 Å². The van der Waals surface area contributed by atoms with Crippen LogP contribution in [0.5, 0.6) is 0 Å². The zero-order valence-corrected chi connectivity index (χ0v) is 20.7. The Morgan fingerprint density at radius 3 is 2.31 bits per heavy atom. The van der Waals surface area contributed by atoms with Gasteiger partial charge in [0, 0.05) is 34.4 Å². The number of hydrogen-bond donors (Lipinski definition) is 1. The molecule has 4 fully saturated rings. The Labute approximate surface area is 213 Å². The number of benzene rings is 1. The Morgan fingerprint density at radius 1 is 1.06 bits per heavy atom. The number of aromatic carboxylic acids is 1. The maximum absolute atomic E-state index is 11.2. The smallest absolute Gasteiger partial charge is 0.337 e. The summed E-state index contributed by atoms with van der Waals surface area (Å²) < 4.78 is 12.5. The summed E-state index contributed by atoms with van der Waals surface area (Å²) in [5, 5.41) is 14.7. The number of carboxylic acids is 1. The van der Waals surface area contributed by atoms with Gasteiger partial charge >= 0.3 is 5.97 Å². The third-order valence-electron chi connectivity index (χ3n) is 8.22. The molecule has 3 aromatic rings. The molecule has 4 saturated carbocycles. The quantitative estimate of drug-likeness (QED) is 0.360. The van der Waals surface area contributed by atoms with Crippen LogP contribution in [0.2, 0.25) is 10.0 Å². The summed E-state index contributed by atoms with van der Waals surface area (Å²) in [5.74, 6) is 0.341. The van der Waals surface area contributed by atoms with Gasteiger partial charge in [-0.25, -0.2) is 4.79 Å². The highest BCUT2D eigenvalue weighted by molar-refractivity contribution is 6.39. The SMILES string of the molecule is O=C(O)c1ccc(C23CCC(OCc4c(-c5c(Cl)cccc5Cl)noc4C4CC4)(CC2)CC3)nc1. The van der Waals surface area contributed by atoms with Crippen LogP contribution in [0.4, 0.5) is 0 Å². The molecule has 182 valence electrons. The van der Waals surface area contributed by atoms with Gasteiger partial charge in [-0.05, 0) is 75.6 Å². The van der Waals surface area contributed by atoms with E-state index in [1.807, 2.05) is 24.3 Å². The maximum atomic E-state index is 11.2. The van der Waals surface area contributed by atoms with E-state index in [1.54, 1.807) is 6.07 Å². The van der Waals surface area contributed by atoms with Crippen molar-refractivity contribution in [2.45, 2.75) is 74.9 Å². The number of ether oxygens (including phenoxy) is 1. The summed E-state index contributed by atoms with van der Waals surface area (Å²) in [6, 6.07) is 9.01. The van der Waals surface area contributed by atoms with Crippen molar-refractivity contribution in [1.29, 1.82) is 0 Å². The molecule has 0 spiro atoms. The lowest BCUT2D eigenvalue weighted by Crippen LogP contribution is -2.50. The molecule has 2 bridgehead atoms. The Bertz CT molecular complexity index is 1240. The van der Waals surface area contributed by atoms with E-state index in [9.17, 15) is 9.90 Å². The molecule has 0 atom stereocenters. The van der Waals surface area contributed by atoms with Crippen molar-refractivity contribution in [3.63, 3.8) is 0 Å². The van der Waals surface area contributed by atoms with Crippen LogP contribution in [0.25, 0.3) is 11.3 Å². The fourth-order valence-corrected chi connectivity index (χ4v) is 6.44. The van der Waals surface area contributed by atoms with Crippen molar-refractivity contribution in [3.8, 4) is 11.3 Å². The van der Waals surface area contributed by atoms with E-state index in [1.165, 1.54) is 6.20 Å². The first-order chi connectivity index (χ1) is 16.9. The van der Waals surface area contributed by atoms with E-state index in [-0.39, 0.29) is 16.6 Å². The molecule has 4 aliphatic carbocycles. The highest BCUT2D eigenvalue weighted by Crippen LogP contribution is 2.55. The molecule has 0 amide bonds. The van der Waals surface area contributed by atoms with Gasteiger partial charge in [-0.15, -0.1) is 0 Å². The minimum atomic E-state index is -0.946. The molecule has 1 aromatic carbocycles. The molecule has 4 aliphatic rings. The average Bonchev–Trinajstić information content (AvgIpc) is 3.64. The van der Waals surface area contributed by atoms with Gasteiger partial charge in [-0.3, -0.25) is 4.98 Å². The second-order valence-corrected chi connectivity index (χ2v) is 11.0. The van der Waals surface area contributed by atoms with E-state index in [0.717, 1.165) is 68.4 Å². The van der Waals surface area contributed by atoms with Crippen LogP contribution in [0.1, 0.15) is 84.7 Å². The highest BCUT2D eigenvalue weighted by Gasteiger charge is 2.51. The highest BCUT2D eigenvalue weighted by atomic mass is 35.5. The Kier molecular flexibility index (Phi) is 5.66. The van der Waals surface area contributed by atoms with E-state index in [2.05, 4.69) is 10.1 Å². The number of nitrogens with zero attached hydrogens (tertiary/aromatic N) is 2. The van der Waals surface area contributed by atoms with Crippen molar-refractivity contribution in [2.75, 3.05) is 0 Å². The third kappa shape index (κ3) is 4.05. The first-order valence-electron chi connectivity index (χ1n) is 12.2. The number of fused-ring (bicyclic) bond motifs is 3. The van der Waals surface area contributed by atoms with Gasteiger partial charge in [-0.2, -0.15) is 0 Å². The summed E-state index contributed by atoms with van der Waals surface area (Å²) in [7, 11) is 0. The first kappa shape index (κ1) is 23.0. The summed E-state index contributed by atoms with van der Waals surface area (Å²) in [5.41, 5.74) is 3.40. The summed E-state index contributed by atoms with van der Waals surface area (Å²) >= 11 is 13.0. The van der Waals surface area contributed by atoms with Crippen LogP contribution >= 0.6 is 23.2 Å². The van der Waals surface area contributed by atoms with Crippen LogP contribution in [0.3, 0.4) is 0 Å². The second-order valence-electron chi connectivity index (χ2n) is 10.2. The predicted octanol–water partition coefficient (Wildman–Crippen LogP) is 7.18. The average molecular weight is 513 g/mol. The second kappa shape index (κ2) is 8.61. The molecule has 0 radical (unpaired) electrons. The largest absolute Gasteiger partial charge is 0.478 e. The van der Waals surface area contributed by atoms with Gasteiger partial charge in [0.2, 0.25) is 0 Å². The monoisotopic (exact) mass is 512 g/mol. The van der Waals surface area contributed by atoms with Gasteiger partial charge in [0.25, 0.3) is 0 Å². The molecule has 2 heterocycles. The molecule has 0 aliphatic heterocycles. The lowest BCUT2D eigenvalue weighted by molar-refractivity contribution is -0.127. The van der Waals surface area contributed by atoms with Crippen LogP contribution < -0.4 is 0 Å². The van der Waals surface area contributed by atoms with Crippen molar-refractivity contribution in [3.05, 3.63) is 69.2 Å². The molecule has 35 heavy (non-hydrogen) atoms. The van der Waals surface area contributed by atoms with E-state index in [4.69, 9.17) is 32.5 Å². The number of carbonyl (C=O) groups is 1. The summed E-state index contributed by atoms with van der Waals surface area (Å²) in [6.45, 7) is 0.421. The third-order valence-corrected chi connectivity index (χ3v) is 8.85. The minimum absolute atomic E-state index is 0.00869. The Morgan fingerprint density at radius 2 is 1.74 bits per heavy atom. The summed E-state index contributed by atoms with van der Waals surface area (Å²) in [6.07, 6.45) is 9.45. The van der Waals surface area contributed by atoms with Crippen LogP contribution in [-0.4, -0.2) is 26.8 Å². The van der Waals surface area contributed by atoms with Crippen LogP contribution in [0, 0.1) is 0 Å². The molecular weight excluding hydrogens is 487 g/mol. The molecule has 1 N–H and O–H groups in total. The zero-order chi connectivity index (χ0) is 24.2. The van der Waals surface area contributed by atoms with Crippen molar-refractivity contribution < 1.29 is 19.2 Å². The molecule has 0 saturated heterocycles.